The Bertz CT molecular complexity index is 329. The van der Waals surface area contributed by atoms with Crippen LogP contribution < -0.4 is 5.46 Å². The lowest BCUT2D eigenvalue weighted by atomic mass is 9.64. The van der Waals surface area contributed by atoms with Crippen molar-refractivity contribution in [1.29, 1.82) is 0 Å². The second-order valence-electron chi connectivity index (χ2n) is 4.67. The van der Waals surface area contributed by atoms with E-state index >= 15 is 0 Å². The van der Waals surface area contributed by atoms with Crippen molar-refractivity contribution in [3.63, 3.8) is 0 Å². The molecule has 0 radical (unpaired) electrons. The predicted molar refractivity (Wildman–Crippen MR) is 58.6 cm³/mol. The van der Waals surface area contributed by atoms with E-state index < -0.39 is 6.92 Å². The highest BCUT2D eigenvalue weighted by Gasteiger charge is 2.19. The molecule has 0 bridgehead atoms. The van der Waals surface area contributed by atoms with Crippen molar-refractivity contribution in [3.05, 3.63) is 29.6 Å². The fraction of sp³-hybridized carbons (Fsp3) is 0.455. The molecule has 0 aromatic heterocycles. The Balaban J connectivity index is 3.15. The lowest BCUT2D eigenvalue weighted by molar-refractivity contribution is 0.523. The van der Waals surface area contributed by atoms with Gasteiger partial charge in [0.25, 0.3) is 0 Å². The topological polar surface area (TPSA) is 20.2 Å². The first-order valence-corrected chi connectivity index (χ1v) is 4.80. The summed E-state index contributed by atoms with van der Waals surface area (Å²) in [5.74, 6) is -0.240. The smallest absolute Gasteiger partial charge is 0.320 e. The monoisotopic (exact) mass is 194 g/mol. The normalized spacial score (nSPS) is 11.6. The number of hydrogen-bond acceptors (Lipinski definition) is 1. The summed E-state index contributed by atoms with van der Waals surface area (Å²) in [5, 5.41) is 9.28. The van der Waals surface area contributed by atoms with Crippen molar-refractivity contribution in [1.82, 2.24) is 0 Å². The van der Waals surface area contributed by atoms with Gasteiger partial charge >= 0.3 is 6.92 Å². The third-order valence-electron chi connectivity index (χ3n) is 2.28. The van der Waals surface area contributed by atoms with Gasteiger partial charge in [0, 0.05) is 0 Å². The molecule has 1 nitrogen and oxygen atoms in total. The SMILES string of the molecule is CB(O)c1ccc(C(C)(C)C)c(F)c1. The molecule has 0 spiro atoms. The standard InChI is InChI=1S/C11H16BFO/c1-11(2,3)9-6-5-8(12(4)14)7-10(9)13/h5-7,14H,1-4H3. The molecular weight excluding hydrogens is 178 g/mol. The van der Waals surface area contributed by atoms with Gasteiger partial charge in [0.1, 0.15) is 5.82 Å². The lowest BCUT2D eigenvalue weighted by Crippen LogP contribution is -2.27. The number of hydrogen-bond donors (Lipinski definition) is 1. The van der Waals surface area contributed by atoms with Crippen LogP contribution in [0, 0.1) is 5.82 Å². The summed E-state index contributed by atoms with van der Waals surface area (Å²) in [6.45, 7) is 6.92. The minimum absolute atomic E-state index is 0.193. The van der Waals surface area contributed by atoms with Gasteiger partial charge in [-0.25, -0.2) is 4.39 Å². The molecule has 0 fully saturated rings. The molecule has 3 heteroatoms. The predicted octanol–water partition coefficient (Wildman–Crippen LogP) is 1.94. The van der Waals surface area contributed by atoms with Crippen LogP contribution in [0.1, 0.15) is 26.3 Å². The molecule has 0 heterocycles. The van der Waals surface area contributed by atoms with E-state index in [-0.39, 0.29) is 11.2 Å². The Morgan fingerprint density at radius 2 is 1.86 bits per heavy atom. The molecular formula is C11H16BFO. The van der Waals surface area contributed by atoms with Crippen molar-refractivity contribution < 1.29 is 9.41 Å². The molecule has 1 aromatic rings. The molecule has 0 unspecified atom stereocenters. The van der Waals surface area contributed by atoms with Crippen LogP contribution in [0.2, 0.25) is 6.82 Å². The van der Waals surface area contributed by atoms with E-state index in [9.17, 15) is 9.41 Å². The van der Waals surface area contributed by atoms with Gasteiger partial charge < -0.3 is 5.02 Å². The zero-order chi connectivity index (χ0) is 10.9. The van der Waals surface area contributed by atoms with Gasteiger partial charge in [0.15, 0.2) is 0 Å². The van der Waals surface area contributed by atoms with Crippen LogP contribution in [0.25, 0.3) is 0 Å². The van der Waals surface area contributed by atoms with Crippen LogP contribution in [0.3, 0.4) is 0 Å². The molecule has 1 rings (SSSR count). The van der Waals surface area contributed by atoms with Gasteiger partial charge in [-0.15, -0.1) is 0 Å². The van der Waals surface area contributed by atoms with Gasteiger partial charge in [-0.3, -0.25) is 0 Å². The molecule has 0 aliphatic carbocycles. The van der Waals surface area contributed by atoms with Crippen molar-refractivity contribution in [2.45, 2.75) is 33.0 Å². The van der Waals surface area contributed by atoms with Crippen LogP contribution in [0.5, 0.6) is 0 Å². The Morgan fingerprint density at radius 1 is 1.29 bits per heavy atom. The van der Waals surface area contributed by atoms with E-state index in [0.717, 1.165) is 0 Å². The average Bonchev–Trinajstić information content (AvgIpc) is 2.01. The van der Waals surface area contributed by atoms with Crippen LogP contribution in [0.4, 0.5) is 4.39 Å². The maximum atomic E-state index is 13.6. The summed E-state index contributed by atoms with van der Waals surface area (Å²) in [5.41, 5.74) is 1.11. The highest BCUT2D eigenvalue weighted by molar-refractivity contribution is 6.64. The Hall–Kier alpha value is -0.825. The van der Waals surface area contributed by atoms with Crippen molar-refractivity contribution in [3.8, 4) is 0 Å². The van der Waals surface area contributed by atoms with Crippen LogP contribution in [-0.2, 0) is 5.41 Å². The van der Waals surface area contributed by atoms with E-state index in [4.69, 9.17) is 0 Å². The molecule has 14 heavy (non-hydrogen) atoms. The molecule has 0 aliphatic heterocycles. The van der Waals surface area contributed by atoms with Crippen molar-refractivity contribution in [2.24, 2.45) is 0 Å². The van der Waals surface area contributed by atoms with Crippen LogP contribution in [-0.4, -0.2) is 11.9 Å². The maximum absolute atomic E-state index is 13.6. The first-order valence-electron chi connectivity index (χ1n) is 4.80. The molecule has 0 saturated heterocycles. The summed E-state index contributed by atoms with van der Waals surface area (Å²) in [6, 6.07) is 4.93. The highest BCUT2D eigenvalue weighted by Crippen LogP contribution is 2.23. The van der Waals surface area contributed by atoms with E-state index in [0.29, 0.717) is 11.0 Å². The second kappa shape index (κ2) is 3.74. The molecule has 1 N–H and O–H groups in total. The number of rotatable bonds is 1. The summed E-state index contributed by atoms with van der Waals surface area (Å²) in [6.07, 6.45) is 0. The Morgan fingerprint density at radius 3 is 2.21 bits per heavy atom. The summed E-state index contributed by atoms with van der Waals surface area (Å²) >= 11 is 0. The Kier molecular flexibility index (Phi) is 3.00. The fourth-order valence-electron chi connectivity index (χ4n) is 1.40. The zero-order valence-electron chi connectivity index (χ0n) is 9.13. The largest absolute Gasteiger partial charge is 0.446 e. The molecule has 76 valence electrons. The quantitative estimate of drug-likeness (QED) is 0.677. The van der Waals surface area contributed by atoms with Gasteiger partial charge in [-0.05, 0) is 22.5 Å². The minimum Gasteiger partial charge on any atom is -0.446 e. The lowest BCUT2D eigenvalue weighted by Gasteiger charge is -2.20. The molecule has 0 saturated carbocycles. The first kappa shape index (κ1) is 11.3. The second-order valence-corrected chi connectivity index (χ2v) is 4.67. The fourth-order valence-corrected chi connectivity index (χ4v) is 1.40. The number of halogens is 1. The van der Waals surface area contributed by atoms with Gasteiger partial charge in [-0.1, -0.05) is 39.7 Å². The van der Waals surface area contributed by atoms with E-state index in [1.54, 1.807) is 19.0 Å². The van der Waals surface area contributed by atoms with Gasteiger partial charge in [-0.2, -0.15) is 0 Å². The molecule has 0 atom stereocenters. The van der Waals surface area contributed by atoms with Crippen LogP contribution in [0.15, 0.2) is 18.2 Å². The summed E-state index contributed by atoms with van der Waals surface area (Å²) < 4.78 is 13.6. The highest BCUT2D eigenvalue weighted by atomic mass is 19.1. The number of benzene rings is 1. The third-order valence-corrected chi connectivity index (χ3v) is 2.28. The third kappa shape index (κ3) is 2.35. The Labute approximate surface area is 85.1 Å². The van der Waals surface area contributed by atoms with Gasteiger partial charge in [0.05, 0.1) is 0 Å². The van der Waals surface area contributed by atoms with E-state index in [1.165, 1.54) is 6.07 Å². The average molecular weight is 194 g/mol. The van der Waals surface area contributed by atoms with Crippen LogP contribution >= 0.6 is 0 Å². The molecule has 1 aromatic carbocycles. The summed E-state index contributed by atoms with van der Waals surface area (Å²) in [4.78, 5) is 0. The molecule has 0 amide bonds. The van der Waals surface area contributed by atoms with Crippen molar-refractivity contribution in [2.75, 3.05) is 0 Å². The van der Waals surface area contributed by atoms with E-state index in [1.807, 2.05) is 20.8 Å². The summed E-state index contributed by atoms with van der Waals surface area (Å²) in [7, 11) is 0. The minimum atomic E-state index is -0.612. The first-order chi connectivity index (χ1) is 6.32. The van der Waals surface area contributed by atoms with Gasteiger partial charge in [0.2, 0.25) is 0 Å². The molecule has 0 aliphatic rings. The maximum Gasteiger partial charge on any atom is 0.320 e. The zero-order valence-corrected chi connectivity index (χ0v) is 9.13. The van der Waals surface area contributed by atoms with Crippen molar-refractivity contribution >= 4 is 12.4 Å². The van der Waals surface area contributed by atoms with E-state index in [2.05, 4.69) is 0 Å².